The lowest BCUT2D eigenvalue weighted by molar-refractivity contribution is -0.129. The van der Waals surface area contributed by atoms with E-state index in [1.165, 1.54) is 6.08 Å². The predicted molar refractivity (Wildman–Crippen MR) is 90.0 cm³/mol. The lowest BCUT2D eigenvalue weighted by Gasteiger charge is -2.09. The monoisotopic (exact) mass is 312 g/mol. The molecular formula is C19H20O4. The van der Waals surface area contributed by atoms with E-state index in [-0.39, 0.29) is 0 Å². The minimum absolute atomic E-state index is 0.403. The Kier molecular flexibility index (Phi) is 5.80. The Bertz CT molecular complexity index is 704. The zero-order chi connectivity index (χ0) is 16.7. The van der Waals surface area contributed by atoms with Gasteiger partial charge >= 0.3 is 5.97 Å². The van der Waals surface area contributed by atoms with Gasteiger partial charge in [-0.05, 0) is 44.2 Å². The van der Waals surface area contributed by atoms with Crippen LogP contribution in [0.15, 0.2) is 48.5 Å². The molecule has 4 nitrogen and oxygen atoms in total. The van der Waals surface area contributed by atoms with Crippen LogP contribution < -0.4 is 14.2 Å². The van der Waals surface area contributed by atoms with Gasteiger partial charge in [0, 0.05) is 11.6 Å². The first-order valence-electron chi connectivity index (χ1n) is 7.40. The van der Waals surface area contributed by atoms with E-state index in [2.05, 4.69) is 0 Å². The number of esters is 1. The van der Waals surface area contributed by atoms with E-state index in [0.29, 0.717) is 23.9 Å². The highest BCUT2D eigenvalue weighted by Gasteiger charge is 2.08. The van der Waals surface area contributed by atoms with Crippen LogP contribution in [0.2, 0.25) is 0 Å². The number of benzene rings is 2. The molecule has 0 aromatic heterocycles. The molecule has 0 fully saturated rings. The van der Waals surface area contributed by atoms with Gasteiger partial charge in [0.15, 0.2) is 11.5 Å². The van der Waals surface area contributed by atoms with Crippen LogP contribution in [-0.4, -0.2) is 19.7 Å². The van der Waals surface area contributed by atoms with Crippen molar-refractivity contribution in [3.8, 4) is 17.2 Å². The van der Waals surface area contributed by atoms with Gasteiger partial charge < -0.3 is 14.2 Å². The Morgan fingerprint density at radius 3 is 2.52 bits per heavy atom. The summed E-state index contributed by atoms with van der Waals surface area (Å²) >= 11 is 0. The van der Waals surface area contributed by atoms with E-state index >= 15 is 0 Å². The number of hydrogen-bond acceptors (Lipinski definition) is 4. The van der Waals surface area contributed by atoms with Crippen LogP contribution in [0, 0.1) is 6.92 Å². The van der Waals surface area contributed by atoms with Crippen molar-refractivity contribution in [2.24, 2.45) is 0 Å². The van der Waals surface area contributed by atoms with E-state index < -0.39 is 5.97 Å². The van der Waals surface area contributed by atoms with Crippen LogP contribution in [0.4, 0.5) is 0 Å². The summed E-state index contributed by atoms with van der Waals surface area (Å²) in [6, 6.07) is 12.8. The highest BCUT2D eigenvalue weighted by Crippen LogP contribution is 2.27. The Hall–Kier alpha value is -2.75. The van der Waals surface area contributed by atoms with Gasteiger partial charge in [-0.15, -0.1) is 0 Å². The number of carbonyl (C=O) groups is 1. The standard InChI is InChI=1S/C19H20O4/c1-4-22-17-7-5-6-8-18(17)23-19(20)12-10-15-13-14(2)9-11-16(15)21-3/h5-13H,4H2,1-3H3/b12-10+. The highest BCUT2D eigenvalue weighted by atomic mass is 16.6. The van der Waals surface area contributed by atoms with Crippen LogP contribution >= 0.6 is 0 Å². The average molecular weight is 312 g/mol. The van der Waals surface area contributed by atoms with Crippen molar-refractivity contribution in [1.82, 2.24) is 0 Å². The van der Waals surface area contributed by atoms with E-state index in [1.807, 2.05) is 38.1 Å². The van der Waals surface area contributed by atoms with Crippen LogP contribution in [0.1, 0.15) is 18.1 Å². The molecule has 0 bridgehead atoms. The maximum absolute atomic E-state index is 12.0. The average Bonchev–Trinajstić information content (AvgIpc) is 2.55. The number of rotatable bonds is 6. The van der Waals surface area contributed by atoms with Crippen molar-refractivity contribution >= 4 is 12.0 Å². The Morgan fingerprint density at radius 2 is 1.83 bits per heavy atom. The fraction of sp³-hybridized carbons (Fsp3) is 0.211. The molecule has 0 N–H and O–H groups in total. The van der Waals surface area contributed by atoms with Crippen LogP contribution in [0.5, 0.6) is 17.2 Å². The molecule has 0 spiro atoms. The second-order valence-corrected chi connectivity index (χ2v) is 4.88. The summed E-state index contributed by atoms with van der Waals surface area (Å²) in [5, 5.41) is 0. The molecule has 2 rings (SSSR count). The van der Waals surface area contributed by atoms with Crippen molar-refractivity contribution in [3.63, 3.8) is 0 Å². The molecule has 0 aliphatic carbocycles. The Balaban J connectivity index is 2.12. The maximum atomic E-state index is 12.0. The van der Waals surface area contributed by atoms with Crippen LogP contribution in [-0.2, 0) is 4.79 Å². The molecule has 0 amide bonds. The van der Waals surface area contributed by atoms with Crippen molar-refractivity contribution in [3.05, 3.63) is 59.7 Å². The largest absolute Gasteiger partial charge is 0.496 e. The number of ether oxygens (including phenoxy) is 3. The summed E-state index contributed by atoms with van der Waals surface area (Å²) in [6.45, 7) is 4.36. The van der Waals surface area contributed by atoms with Crippen LogP contribution in [0.3, 0.4) is 0 Å². The maximum Gasteiger partial charge on any atom is 0.336 e. The summed E-state index contributed by atoms with van der Waals surface area (Å²) in [5.74, 6) is 1.18. The first kappa shape index (κ1) is 16.6. The van der Waals surface area contributed by atoms with Gasteiger partial charge in [-0.1, -0.05) is 23.8 Å². The van der Waals surface area contributed by atoms with Gasteiger partial charge in [0.1, 0.15) is 5.75 Å². The third kappa shape index (κ3) is 4.61. The molecule has 0 atom stereocenters. The molecule has 0 heterocycles. The number of methoxy groups -OCH3 is 1. The SMILES string of the molecule is CCOc1ccccc1OC(=O)/C=C/c1cc(C)ccc1OC. The minimum atomic E-state index is -0.472. The zero-order valence-electron chi connectivity index (χ0n) is 13.5. The summed E-state index contributed by atoms with van der Waals surface area (Å²) in [4.78, 5) is 12.0. The Morgan fingerprint density at radius 1 is 1.09 bits per heavy atom. The van der Waals surface area contributed by atoms with Gasteiger partial charge in [-0.2, -0.15) is 0 Å². The van der Waals surface area contributed by atoms with Gasteiger partial charge in [-0.3, -0.25) is 0 Å². The van der Waals surface area contributed by atoms with E-state index in [0.717, 1.165) is 11.1 Å². The predicted octanol–water partition coefficient (Wildman–Crippen LogP) is 4.02. The number of carbonyl (C=O) groups excluding carboxylic acids is 1. The van der Waals surface area contributed by atoms with Crippen molar-refractivity contribution in [2.75, 3.05) is 13.7 Å². The molecule has 2 aromatic carbocycles. The molecule has 120 valence electrons. The van der Waals surface area contributed by atoms with E-state index in [9.17, 15) is 4.79 Å². The molecule has 0 saturated heterocycles. The lowest BCUT2D eigenvalue weighted by Crippen LogP contribution is -2.05. The second-order valence-electron chi connectivity index (χ2n) is 4.88. The van der Waals surface area contributed by atoms with Crippen molar-refractivity contribution in [1.29, 1.82) is 0 Å². The smallest absolute Gasteiger partial charge is 0.336 e. The van der Waals surface area contributed by atoms with Gasteiger partial charge in [0.05, 0.1) is 13.7 Å². The molecule has 0 unspecified atom stereocenters. The minimum Gasteiger partial charge on any atom is -0.496 e. The second kappa shape index (κ2) is 8.03. The van der Waals surface area contributed by atoms with Crippen LogP contribution in [0.25, 0.3) is 6.08 Å². The molecule has 0 aliphatic heterocycles. The van der Waals surface area contributed by atoms with E-state index in [4.69, 9.17) is 14.2 Å². The quantitative estimate of drug-likeness (QED) is 0.459. The third-order valence-corrected chi connectivity index (χ3v) is 3.14. The van der Waals surface area contributed by atoms with Gasteiger partial charge in [0.2, 0.25) is 0 Å². The summed E-state index contributed by atoms with van der Waals surface area (Å²) < 4.78 is 16.0. The zero-order valence-corrected chi connectivity index (χ0v) is 13.5. The lowest BCUT2D eigenvalue weighted by atomic mass is 10.1. The highest BCUT2D eigenvalue weighted by molar-refractivity contribution is 5.89. The molecular weight excluding hydrogens is 292 g/mol. The fourth-order valence-electron chi connectivity index (χ4n) is 2.09. The number of hydrogen-bond donors (Lipinski definition) is 0. The molecule has 0 saturated carbocycles. The Labute approximate surface area is 136 Å². The molecule has 0 radical (unpaired) electrons. The first-order chi connectivity index (χ1) is 11.1. The van der Waals surface area contributed by atoms with Crippen molar-refractivity contribution in [2.45, 2.75) is 13.8 Å². The molecule has 0 aliphatic rings. The summed E-state index contributed by atoms with van der Waals surface area (Å²) in [7, 11) is 1.60. The number of aryl methyl sites for hydroxylation is 1. The first-order valence-corrected chi connectivity index (χ1v) is 7.40. The molecule has 2 aromatic rings. The summed E-state index contributed by atoms with van der Waals surface area (Å²) in [5.41, 5.74) is 1.91. The van der Waals surface area contributed by atoms with Gasteiger partial charge in [-0.25, -0.2) is 4.79 Å². The number of para-hydroxylation sites is 2. The van der Waals surface area contributed by atoms with Crippen molar-refractivity contribution < 1.29 is 19.0 Å². The van der Waals surface area contributed by atoms with Gasteiger partial charge in [0.25, 0.3) is 0 Å². The molecule has 23 heavy (non-hydrogen) atoms. The molecule has 4 heteroatoms. The topological polar surface area (TPSA) is 44.8 Å². The summed E-state index contributed by atoms with van der Waals surface area (Å²) in [6.07, 6.45) is 3.05. The third-order valence-electron chi connectivity index (χ3n) is 3.14. The normalized spacial score (nSPS) is 10.6. The van der Waals surface area contributed by atoms with E-state index in [1.54, 1.807) is 31.4 Å². The fourth-order valence-corrected chi connectivity index (χ4v) is 2.09.